The molecule has 0 radical (unpaired) electrons. The second-order valence-corrected chi connectivity index (χ2v) is 10.0. The molecule has 0 saturated carbocycles. The van der Waals surface area contributed by atoms with Crippen molar-refractivity contribution in [3.63, 3.8) is 0 Å². The minimum absolute atomic E-state index is 0.0475. The minimum atomic E-state index is -0.852. The van der Waals surface area contributed by atoms with Gasteiger partial charge in [-0.05, 0) is 76.2 Å². The summed E-state index contributed by atoms with van der Waals surface area (Å²) in [7, 11) is 1.51. The SMILES string of the molecule is COc1cc(/C=C2\C(=O)NC(=O)N(c3ccc4c(c3)OCO4)C2=O)cc(I)c1OCc1ccc(Br)cc1. The number of imide groups is 2. The molecule has 188 valence electrons. The smallest absolute Gasteiger partial charge is 0.335 e. The van der Waals surface area contributed by atoms with E-state index in [1.807, 2.05) is 24.3 Å². The maximum absolute atomic E-state index is 13.3. The van der Waals surface area contributed by atoms with Crippen LogP contribution in [0.15, 0.2) is 64.6 Å². The number of carbonyl (C=O) groups is 3. The van der Waals surface area contributed by atoms with E-state index in [4.69, 9.17) is 18.9 Å². The van der Waals surface area contributed by atoms with Crippen molar-refractivity contribution in [3.8, 4) is 23.0 Å². The van der Waals surface area contributed by atoms with Crippen LogP contribution in [0.5, 0.6) is 23.0 Å². The highest BCUT2D eigenvalue weighted by atomic mass is 127. The first-order chi connectivity index (χ1) is 17.8. The third-order valence-electron chi connectivity index (χ3n) is 5.58. The number of fused-ring (bicyclic) bond motifs is 1. The Balaban J connectivity index is 1.43. The van der Waals surface area contributed by atoms with Crippen LogP contribution in [0.4, 0.5) is 10.5 Å². The Hall–Kier alpha value is -3.58. The third kappa shape index (κ3) is 5.14. The van der Waals surface area contributed by atoms with E-state index < -0.39 is 17.8 Å². The van der Waals surface area contributed by atoms with Gasteiger partial charge in [0.05, 0.1) is 16.4 Å². The van der Waals surface area contributed by atoms with Gasteiger partial charge in [0.2, 0.25) is 6.79 Å². The van der Waals surface area contributed by atoms with Gasteiger partial charge in [0.15, 0.2) is 23.0 Å². The zero-order valence-electron chi connectivity index (χ0n) is 19.2. The number of hydrogen-bond acceptors (Lipinski definition) is 7. The van der Waals surface area contributed by atoms with Crippen LogP contribution in [0.3, 0.4) is 0 Å². The second kappa shape index (κ2) is 10.4. The molecule has 1 N–H and O–H groups in total. The number of ether oxygens (including phenoxy) is 4. The Kier molecular flexibility index (Phi) is 7.07. The predicted octanol–water partition coefficient (Wildman–Crippen LogP) is 5.04. The summed E-state index contributed by atoms with van der Waals surface area (Å²) in [5.41, 5.74) is 1.54. The minimum Gasteiger partial charge on any atom is -0.493 e. The van der Waals surface area contributed by atoms with Crippen molar-refractivity contribution in [2.45, 2.75) is 6.61 Å². The van der Waals surface area contributed by atoms with Crippen molar-refractivity contribution in [2.24, 2.45) is 0 Å². The largest absolute Gasteiger partial charge is 0.493 e. The van der Waals surface area contributed by atoms with Crippen LogP contribution in [0, 0.1) is 3.57 Å². The van der Waals surface area contributed by atoms with Crippen LogP contribution in [-0.4, -0.2) is 31.7 Å². The molecule has 0 unspecified atom stereocenters. The quantitative estimate of drug-likeness (QED) is 0.222. The molecule has 2 aliphatic rings. The molecule has 5 rings (SSSR count). The average molecular weight is 677 g/mol. The van der Waals surface area contributed by atoms with Crippen molar-refractivity contribution in [3.05, 3.63) is 79.3 Å². The molecule has 0 bridgehead atoms. The van der Waals surface area contributed by atoms with Crippen LogP contribution in [-0.2, 0) is 16.2 Å². The molecular formula is C26H18BrIN2O7. The predicted molar refractivity (Wildman–Crippen MR) is 146 cm³/mol. The van der Waals surface area contributed by atoms with Gasteiger partial charge in [-0.2, -0.15) is 0 Å². The highest BCUT2D eigenvalue weighted by molar-refractivity contribution is 14.1. The van der Waals surface area contributed by atoms with Crippen LogP contribution in [0.1, 0.15) is 11.1 Å². The van der Waals surface area contributed by atoms with E-state index in [-0.39, 0.29) is 18.1 Å². The molecule has 4 amide bonds. The van der Waals surface area contributed by atoms with Gasteiger partial charge in [-0.15, -0.1) is 0 Å². The number of nitrogens with one attached hydrogen (secondary N) is 1. The van der Waals surface area contributed by atoms with Gasteiger partial charge in [-0.25, -0.2) is 9.69 Å². The number of barbiturate groups is 1. The number of benzene rings is 3. The number of carbonyl (C=O) groups excluding carboxylic acids is 3. The van der Waals surface area contributed by atoms with Crippen molar-refractivity contribution in [1.29, 1.82) is 0 Å². The molecule has 2 aliphatic heterocycles. The fourth-order valence-electron chi connectivity index (χ4n) is 3.78. The van der Waals surface area contributed by atoms with Crippen molar-refractivity contribution in [2.75, 3.05) is 18.8 Å². The Morgan fingerprint density at radius 3 is 2.57 bits per heavy atom. The number of amides is 4. The Morgan fingerprint density at radius 2 is 1.81 bits per heavy atom. The van der Waals surface area contributed by atoms with Crippen LogP contribution in [0.2, 0.25) is 0 Å². The van der Waals surface area contributed by atoms with E-state index in [0.717, 1.165) is 14.9 Å². The van der Waals surface area contributed by atoms with Crippen LogP contribution < -0.4 is 29.2 Å². The van der Waals surface area contributed by atoms with Crippen molar-refractivity contribution < 1.29 is 33.3 Å². The lowest BCUT2D eigenvalue weighted by atomic mass is 10.1. The maximum Gasteiger partial charge on any atom is 0.335 e. The van der Waals surface area contributed by atoms with E-state index >= 15 is 0 Å². The third-order valence-corrected chi connectivity index (χ3v) is 6.91. The molecular weight excluding hydrogens is 659 g/mol. The maximum atomic E-state index is 13.3. The number of halogens is 2. The number of methoxy groups -OCH3 is 1. The molecule has 1 saturated heterocycles. The Labute approximate surface area is 233 Å². The fourth-order valence-corrected chi connectivity index (χ4v) is 4.83. The van der Waals surface area contributed by atoms with Gasteiger partial charge in [-0.1, -0.05) is 28.1 Å². The van der Waals surface area contributed by atoms with E-state index in [0.29, 0.717) is 38.7 Å². The fraction of sp³-hybridized carbons (Fsp3) is 0.115. The normalized spacial score (nSPS) is 15.7. The first-order valence-electron chi connectivity index (χ1n) is 10.9. The highest BCUT2D eigenvalue weighted by Gasteiger charge is 2.37. The summed E-state index contributed by atoms with van der Waals surface area (Å²) in [6.45, 7) is 0.374. The van der Waals surface area contributed by atoms with Crippen LogP contribution >= 0.6 is 38.5 Å². The zero-order valence-corrected chi connectivity index (χ0v) is 23.0. The molecule has 0 spiro atoms. The lowest BCUT2D eigenvalue weighted by Gasteiger charge is -2.26. The summed E-state index contributed by atoms with van der Waals surface area (Å²) in [5.74, 6) is 0.310. The summed E-state index contributed by atoms with van der Waals surface area (Å²) in [4.78, 5) is 39.3. The van der Waals surface area contributed by atoms with Gasteiger partial charge in [0, 0.05) is 10.5 Å². The topological polar surface area (TPSA) is 103 Å². The molecule has 9 nitrogen and oxygen atoms in total. The summed E-state index contributed by atoms with van der Waals surface area (Å²) < 4.78 is 23.9. The summed E-state index contributed by atoms with van der Waals surface area (Å²) >= 11 is 5.52. The number of urea groups is 1. The molecule has 37 heavy (non-hydrogen) atoms. The molecule has 11 heteroatoms. The molecule has 0 atom stereocenters. The molecule has 0 aromatic heterocycles. The van der Waals surface area contributed by atoms with Gasteiger partial charge >= 0.3 is 6.03 Å². The highest BCUT2D eigenvalue weighted by Crippen LogP contribution is 2.37. The standard InChI is InChI=1S/C26H18BrIN2O7/c1-34-22-10-15(9-19(28)23(22)35-12-14-2-4-16(27)5-3-14)8-18-24(31)29-26(33)30(25(18)32)17-6-7-20-21(11-17)37-13-36-20/h2-11H,12-13H2,1H3,(H,29,31,33)/b18-8+. The number of rotatable bonds is 6. The number of anilines is 1. The summed E-state index contributed by atoms with van der Waals surface area (Å²) in [6.07, 6.45) is 1.41. The average Bonchev–Trinajstić information content (AvgIpc) is 3.34. The number of hydrogen-bond donors (Lipinski definition) is 1. The molecule has 2 heterocycles. The summed E-state index contributed by atoms with van der Waals surface area (Å²) in [5, 5.41) is 2.22. The first kappa shape index (κ1) is 25.1. The van der Waals surface area contributed by atoms with E-state index in [1.165, 1.54) is 19.3 Å². The number of nitrogens with zero attached hydrogens (tertiary/aromatic N) is 1. The first-order valence-corrected chi connectivity index (χ1v) is 12.8. The van der Waals surface area contributed by atoms with Crippen LogP contribution in [0.25, 0.3) is 6.08 Å². The van der Waals surface area contributed by atoms with Gasteiger partial charge in [0.25, 0.3) is 11.8 Å². The second-order valence-electron chi connectivity index (χ2n) is 7.94. The lowest BCUT2D eigenvalue weighted by molar-refractivity contribution is -0.122. The molecule has 1 fully saturated rings. The monoisotopic (exact) mass is 676 g/mol. The Bertz CT molecular complexity index is 1460. The van der Waals surface area contributed by atoms with Gasteiger partial charge in [-0.3, -0.25) is 14.9 Å². The van der Waals surface area contributed by atoms with Gasteiger partial charge in [0.1, 0.15) is 12.2 Å². The van der Waals surface area contributed by atoms with E-state index in [1.54, 1.807) is 24.3 Å². The van der Waals surface area contributed by atoms with E-state index in [9.17, 15) is 14.4 Å². The molecule has 0 aliphatic carbocycles. The summed E-state index contributed by atoms with van der Waals surface area (Å²) in [6, 6.07) is 15.0. The van der Waals surface area contributed by atoms with Gasteiger partial charge < -0.3 is 18.9 Å². The van der Waals surface area contributed by atoms with E-state index in [2.05, 4.69) is 43.8 Å². The Morgan fingerprint density at radius 1 is 1.05 bits per heavy atom. The van der Waals surface area contributed by atoms with Crippen molar-refractivity contribution >= 4 is 68.1 Å². The zero-order chi connectivity index (χ0) is 26.1. The lowest BCUT2D eigenvalue weighted by Crippen LogP contribution is -2.54. The molecule has 3 aromatic carbocycles. The molecule has 3 aromatic rings. The van der Waals surface area contributed by atoms with Crippen molar-refractivity contribution in [1.82, 2.24) is 5.32 Å².